The minimum atomic E-state index is -0.649. The second kappa shape index (κ2) is 9.38. The zero-order valence-electron chi connectivity index (χ0n) is 17.9. The highest BCUT2D eigenvalue weighted by atomic mass is 16.5. The summed E-state index contributed by atoms with van der Waals surface area (Å²) in [4.78, 5) is 43.0. The molecule has 9 heteroatoms. The van der Waals surface area contributed by atoms with Crippen LogP contribution in [0.4, 0.5) is 0 Å². The normalized spacial score (nSPS) is 10.9. The molecule has 2 aromatic heterocycles. The van der Waals surface area contributed by atoms with Gasteiger partial charge in [-0.2, -0.15) is 5.10 Å². The molecule has 0 saturated carbocycles. The summed E-state index contributed by atoms with van der Waals surface area (Å²) in [6.07, 6.45) is 1.57. The molecule has 0 aliphatic heterocycles. The van der Waals surface area contributed by atoms with Crippen LogP contribution in [0.15, 0.2) is 42.6 Å². The Balaban J connectivity index is 2.16. The number of esters is 2. The minimum Gasteiger partial charge on any atom is -0.468 e. The molecule has 3 aromatic rings. The van der Waals surface area contributed by atoms with Crippen molar-refractivity contribution in [2.75, 3.05) is 27.3 Å². The van der Waals surface area contributed by atoms with E-state index in [0.717, 1.165) is 10.5 Å². The number of carbonyl (C=O) groups excluding carboxylic acids is 3. The van der Waals surface area contributed by atoms with Crippen LogP contribution in [0.1, 0.15) is 30.2 Å². The van der Waals surface area contributed by atoms with Gasteiger partial charge in [-0.15, -0.1) is 0 Å². The van der Waals surface area contributed by atoms with Crippen molar-refractivity contribution in [1.82, 2.24) is 19.7 Å². The molecule has 31 heavy (non-hydrogen) atoms. The molecule has 1 aromatic carbocycles. The lowest BCUT2D eigenvalue weighted by Crippen LogP contribution is -2.40. The number of benzene rings is 1. The lowest BCUT2D eigenvalue weighted by molar-refractivity contribution is -0.144. The maximum atomic E-state index is 13.5. The van der Waals surface area contributed by atoms with Crippen LogP contribution >= 0.6 is 0 Å². The van der Waals surface area contributed by atoms with Crippen LogP contribution in [-0.4, -0.2) is 64.8 Å². The van der Waals surface area contributed by atoms with Crippen molar-refractivity contribution in [2.24, 2.45) is 0 Å². The molecular formula is C22H24N4O5. The third-order valence-corrected chi connectivity index (χ3v) is 4.74. The highest BCUT2D eigenvalue weighted by Gasteiger charge is 2.26. The van der Waals surface area contributed by atoms with Crippen LogP contribution in [0.3, 0.4) is 0 Å². The number of pyridine rings is 1. The predicted octanol–water partition coefficient (Wildman–Crippen LogP) is 2.47. The molecule has 0 atom stereocenters. The average Bonchev–Trinajstić information content (AvgIpc) is 3.22. The summed E-state index contributed by atoms with van der Waals surface area (Å²) < 4.78 is 11.1. The van der Waals surface area contributed by atoms with Crippen molar-refractivity contribution in [1.29, 1.82) is 0 Å². The van der Waals surface area contributed by atoms with E-state index in [0.29, 0.717) is 16.7 Å². The molecule has 2 heterocycles. The molecule has 3 rings (SSSR count). The summed E-state index contributed by atoms with van der Waals surface area (Å²) in [6, 6.07) is 11.1. The Morgan fingerprint density at radius 3 is 2.19 bits per heavy atom. The van der Waals surface area contributed by atoms with Crippen LogP contribution < -0.4 is 0 Å². The van der Waals surface area contributed by atoms with E-state index in [1.807, 2.05) is 44.2 Å². The molecule has 0 fully saturated rings. The first-order valence-corrected chi connectivity index (χ1v) is 9.72. The van der Waals surface area contributed by atoms with Crippen LogP contribution in [0.5, 0.6) is 0 Å². The van der Waals surface area contributed by atoms with Gasteiger partial charge in [0.15, 0.2) is 5.65 Å². The van der Waals surface area contributed by atoms with Gasteiger partial charge >= 0.3 is 11.9 Å². The third-order valence-electron chi connectivity index (χ3n) is 4.74. The highest BCUT2D eigenvalue weighted by Crippen LogP contribution is 2.27. The number of hydrogen-bond donors (Lipinski definition) is 0. The van der Waals surface area contributed by atoms with E-state index in [-0.39, 0.29) is 11.6 Å². The number of methoxy groups -OCH3 is 2. The fraction of sp³-hybridized carbons (Fsp3) is 0.318. The molecule has 0 spiro atoms. The van der Waals surface area contributed by atoms with Crippen molar-refractivity contribution in [2.45, 2.75) is 19.9 Å². The summed E-state index contributed by atoms with van der Waals surface area (Å²) >= 11 is 0. The van der Waals surface area contributed by atoms with Crippen molar-refractivity contribution >= 4 is 28.9 Å². The Hall–Kier alpha value is -3.75. The molecule has 0 aliphatic rings. The van der Waals surface area contributed by atoms with Gasteiger partial charge in [0.25, 0.3) is 5.91 Å². The van der Waals surface area contributed by atoms with Crippen LogP contribution in [0.25, 0.3) is 22.3 Å². The zero-order chi connectivity index (χ0) is 22.5. The number of nitrogens with zero attached hydrogens (tertiary/aromatic N) is 4. The fourth-order valence-corrected chi connectivity index (χ4v) is 3.14. The van der Waals surface area contributed by atoms with E-state index in [1.165, 1.54) is 14.2 Å². The third kappa shape index (κ3) is 4.71. The summed E-state index contributed by atoms with van der Waals surface area (Å²) in [7, 11) is 2.43. The van der Waals surface area contributed by atoms with Gasteiger partial charge in [0.1, 0.15) is 13.1 Å². The number of amides is 1. The van der Waals surface area contributed by atoms with Gasteiger partial charge < -0.3 is 14.4 Å². The Labute approximate surface area is 179 Å². The topological polar surface area (TPSA) is 104 Å². The van der Waals surface area contributed by atoms with Crippen molar-refractivity contribution in [3.05, 3.63) is 48.2 Å². The highest BCUT2D eigenvalue weighted by molar-refractivity contribution is 6.08. The van der Waals surface area contributed by atoms with Gasteiger partial charge in [-0.25, -0.2) is 9.67 Å². The predicted molar refractivity (Wildman–Crippen MR) is 113 cm³/mol. The standard InChI is InChI=1S/C22H24N4O5/c1-14(2)26-21-17(11-23-26)16(10-18(24-21)15-8-6-5-7-9-15)22(29)25(12-19(27)30-3)13-20(28)31-4/h5-11,14H,12-13H2,1-4H3. The fourth-order valence-electron chi connectivity index (χ4n) is 3.14. The van der Waals surface area contributed by atoms with Crippen LogP contribution in [0, 0.1) is 0 Å². The van der Waals surface area contributed by atoms with Gasteiger partial charge in [-0.3, -0.25) is 14.4 Å². The zero-order valence-corrected chi connectivity index (χ0v) is 17.9. The lowest BCUT2D eigenvalue weighted by atomic mass is 10.1. The minimum absolute atomic E-state index is 0.0141. The molecule has 0 unspecified atom stereocenters. The molecule has 0 bridgehead atoms. The first kappa shape index (κ1) is 21.9. The van der Waals surface area contributed by atoms with E-state index >= 15 is 0 Å². The van der Waals surface area contributed by atoms with E-state index in [2.05, 4.69) is 14.6 Å². The number of aromatic nitrogens is 3. The molecule has 0 saturated heterocycles. The van der Waals surface area contributed by atoms with Gasteiger partial charge in [-0.1, -0.05) is 30.3 Å². The van der Waals surface area contributed by atoms with E-state index < -0.39 is 30.9 Å². The maximum absolute atomic E-state index is 13.5. The van der Waals surface area contributed by atoms with Gasteiger partial charge in [0.05, 0.1) is 37.1 Å². The number of ether oxygens (including phenoxy) is 2. The molecule has 9 nitrogen and oxygen atoms in total. The number of rotatable bonds is 7. The largest absolute Gasteiger partial charge is 0.468 e. The van der Waals surface area contributed by atoms with Crippen molar-refractivity contribution in [3.63, 3.8) is 0 Å². The van der Waals surface area contributed by atoms with E-state index in [9.17, 15) is 14.4 Å². The Kier molecular flexibility index (Phi) is 6.64. The first-order chi connectivity index (χ1) is 14.8. The van der Waals surface area contributed by atoms with Gasteiger partial charge in [-0.05, 0) is 19.9 Å². The molecule has 1 amide bonds. The second-order valence-corrected chi connectivity index (χ2v) is 7.15. The summed E-state index contributed by atoms with van der Waals surface area (Å²) in [5.41, 5.74) is 2.22. The monoisotopic (exact) mass is 424 g/mol. The van der Waals surface area contributed by atoms with Crippen molar-refractivity contribution in [3.8, 4) is 11.3 Å². The Morgan fingerprint density at radius 1 is 1.03 bits per heavy atom. The summed E-state index contributed by atoms with van der Waals surface area (Å²) in [6.45, 7) is 3.14. The van der Waals surface area contributed by atoms with Crippen LogP contribution in [-0.2, 0) is 19.1 Å². The Bertz CT molecular complexity index is 1090. The first-order valence-electron chi connectivity index (χ1n) is 9.72. The lowest BCUT2D eigenvalue weighted by Gasteiger charge is -2.21. The van der Waals surface area contributed by atoms with E-state index in [1.54, 1.807) is 16.9 Å². The van der Waals surface area contributed by atoms with Crippen molar-refractivity contribution < 1.29 is 23.9 Å². The SMILES string of the molecule is COC(=O)CN(CC(=O)OC)C(=O)c1cc(-c2ccccc2)nc2c1cnn2C(C)C. The molecule has 162 valence electrons. The molecular weight excluding hydrogens is 400 g/mol. The van der Waals surface area contributed by atoms with E-state index in [4.69, 9.17) is 4.98 Å². The number of carbonyl (C=O) groups is 3. The maximum Gasteiger partial charge on any atom is 0.325 e. The molecule has 0 N–H and O–H groups in total. The smallest absolute Gasteiger partial charge is 0.325 e. The molecule has 0 aliphatic carbocycles. The number of fused-ring (bicyclic) bond motifs is 1. The van der Waals surface area contributed by atoms with Gasteiger partial charge in [0, 0.05) is 11.6 Å². The Morgan fingerprint density at radius 2 is 1.65 bits per heavy atom. The summed E-state index contributed by atoms with van der Waals surface area (Å²) in [5, 5.41) is 4.91. The quantitative estimate of drug-likeness (QED) is 0.537. The van der Waals surface area contributed by atoms with Gasteiger partial charge in [0.2, 0.25) is 0 Å². The summed E-state index contributed by atoms with van der Waals surface area (Å²) in [5.74, 6) is -1.82. The second-order valence-electron chi connectivity index (χ2n) is 7.15. The number of hydrogen-bond acceptors (Lipinski definition) is 7. The average molecular weight is 424 g/mol. The van der Waals surface area contributed by atoms with Crippen LogP contribution in [0.2, 0.25) is 0 Å². The molecule has 0 radical (unpaired) electrons.